The number of benzene rings is 9. The van der Waals surface area contributed by atoms with E-state index in [-0.39, 0.29) is 0 Å². The molecule has 11 aromatic rings. The van der Waals surface area contributed by atoms with Crippen LogP contribution in [-0.4, -0.2) is 0 Å². The maximum atomic E-state index is 6.93. The van der Waals surface area contributed by atoms with E-state index in [0.29, 0.717) is 0 Å². The van der Waals surface area contributed by atoms with E-state index in [9.17, 15) is 0 Å². The Hall–Kier alpha value is -6.84. The number of anilines is 3. The third-order valence-electron chi connectivity index (χ3n) is 10.4. The van der Waals surface area contributed by atoms with Crippen LogP contribution in [0.4, 0.5) is 17.1 Å². The van der Waals surface area contributed by atoms with Crippen LogP contribution in [0.25, 0.3) is 87.3 Å². The Kier molecular flexibility index (Phi) is 5.96. The van der Waals surface area contributed by atoms with Gasteiger partial charge < -0.3 is 13.7 Å². The third kappa shape index (κ3) is 4.25. The summed E-state index contributed by atoms with van der Waals surface area (Å²) in [6, 6.07) is 62.6. The summed E-state index contributed by atoms with van der Waals surface area (Å²) < 4.78 is 13.2. The molecule has 0 N–H and O–H groups in total. The molecule has 51 heavy (non-hydrogen) atoms. The van der Waals surface area contributed by atoms with E-state index in [2.05, 4.69) is 169 Å². The Bertz CT molecular complexity index is 3150. The van der Waals surface area contributed by atoms with Crippen molar-refractivity contribution in [3.63, 3.8) is 0 Å². The molecule has 2 heterocycles. The Balaban J connectivity index is 1.14. The van der Waals surface area contributed by atoms with Crippen molar-refractivity contribution in [1.82, 2.24) is 0 Å². The van der Waals surface area contributed by atoms with Gasteiger partial charge in [0.15, 0.2) is 5.58 Å². The number of rotatable bonds is 4. The van der Waals surface area contributed by atoms with Crippen molar-refractivity contribution < 1.29 is 8.83 Å². The molecule has 0 saturated heterocycles. The number of fused-ring (bicyclic) bond motifs is 11. The molecule has 0 atom stereocenters. The maximum absolute atomic E-state index is 6.93. The van der Waals surface area contributed by atoms with Crippen LogP contribution in [0.3, 0.4) is 0 Å². The van der Waals surface area contributed by atoms with Crippen molar-refractivity contribution in [3.8, 4) is 11.1 Å². The van der Waals surface area contributed by atoms with Crippen molar-refractivity contribution in [2.45, 2.75) is 0 Å². The van der Waals surface area contributed by atoms with Crippen LogP contribution in [-0.2, 0) is 0 Å². The highest BCUT2D eigenvalue weighted by atomic mass is 16.3. The third-order valence-corrected chi connectivity index (χ3v) is 10.4. The summed E-state index contributed by atoms with van der Waals surface area (Å²) in [5, 5.41) is 11.6. The minimum absolute atomic E-state index is 0.862. The largest absolute Gasteiger partial charge is 0.456 e. The number of para-hydroxylation sites is 2. The first-order valence-corrected chi connectivity index (χ1v) is 17.3. The average molecular weight is 652 g/mol. The van der Waals surface area contributed by atoms with Crippen LogP contribution in [0, 0.1) is 0 Å². The number of furan rings is 2. The van der Waals surface area contributed by atoms with Crippen molar-refractivity contribution >= 4 is 93.3 Å². The first-order valence-electron chi connectivity index (χ1n) is 17.3. The van der Waals surface area contributed by atoms with Gasteiger partial charge in [0.1, 0.15) is 16.7 Å². The molecule has 0 amide bonds. The molecule has 0 aliphatic rings. The molecular weight excluding hydrogens is 623 g/mol. The van der Waals surface area contributed by atoms with Gasteiger partial charge in [-0.15, -0.1) is 0 Å². The molecule has 0 saturated carbocycles. The molecule has 0 bridgehead atoms. The summed E-state index contributed by atoms with van der Waals surface area (Å²) in [5.74, 6) is 0. The Morgan fingerprint density at radius 2 is 0.941 bits per heavy atom. The van der Waals surface area contributed by atoms with E-state index in [1.807, 2.05) is 12.1 Å². The van der Waals surface area contributed by atoms with Crippen LogP contribution < -0.4 is 4.90 Å². The molecule has 9 aromatic carbocycles. The first kappa shape index (κ1) is 28.0. The molecule has 3 nitrogen and oxygen atoms in total. The van der Waals surface area contributed by atoms with Crippen LogP contribution in [0.15, 0.2) is 185 Å². The number of hydrogen-bond acceptors (Lipinski definition) is 3. The fourth-order valence-electron chi connectivity index (χ4n) is 8.02. The van der Waals surface area contributed by atoms with Crippen LogP contribution in [0.2, 0.25) is 0 Å². The lowest BCUT2D eigenvalue weighted by Crippen LogP contribution is -2.11. The summed E-state index contributed by atoms with van der Waals surface area (Å²) in [6.07, 6.45) is 0. The summed E-state index contributed by atoms with van der Waals surface area (Å²) in [6.45, 7) is 0. The van der Waals surface area contributed by atoms with Gasteiger partial charge in [-0.05, 0) is 81.2 Å². The maximum Gasteiger partial charge on any atom is 0.159 e. The zero-order chi connectivity index (χ0) is 33.5. The van der Waals surface area contributed by atoms with Crippen LogP contribution in [0.1, 0.15) is 0 Å². The normalized spacial score (nSPS) is 11.9. The summed E-state index contributed by atoms with van der Waals surface area (Å²) in [5.41, 5.74) is 8.94. The van der Waals surface area contributed by atoms with Gasteiger partial charge in [0.2, 0.25) is 0 Å². The lowest BCUT2D eigenvalue weighted by Gasteiger charge is -2.27. The lowest BCUT2D eigenvalue weighted by atomic mass is 9.98. The van der Waals surface area contributed by atoms with Crippen molar-refractivity contribution in [1.29, 1.82) is 0 Å². The summed E-state index contributed by atoms with van der Waals surface area (Å²) >= 11 is 0. The molecule has 0 unspecified atom stereocenters. The highest BCUT2D eigenvalue weighted by Gasteiger charge is 2.22. The summed E-state index contributed by atoms with van der Waals surface area (Å²) in [4.78, 5) is 2.37. The molecule has 0 fully saturated rings. The van der Waals surface area contributed by atoms with Crippen LogP contribution in [0.5, 0.6) is 0 Å². The minimum atomic E-state index is 0.862. The van der Waals surface area contributed by atoms with Gasteiger partial charge in [0, 0.05) is 38.0 Å². The van der Waals surface area contributed by atoms with Gasteiger partial charge in [-0.25, -0.2) is 0 Å². The number of hydrogen-bond donors (Lipinski definition) is 0. The molecule has 11 rings (SSSR count). The van der Waals surface area contributed by atoms with Gasteiger partial charge in [0.25, 0.3) is 0 Å². The zero-order valence-corrected chi connectivity index (χ0v) is 27.5. The SMILES string of the molecule is c1ccc2c(c1)cc(N(c1ccc(-c3ccc4c(c3)oc3ccccc34)cc1)c1cccc3c1oc1c4ccccc4ccc31)c1ccccc12. The monoisotopic (exact) mass is 651 g/mol. The smallest absolute Gasteiger partial charge is 0.159 e. The second-order valence-corrected chi connectivity index (χ2v) is 13.3. The van der Waals surface area contributed by atoms with E-state index < -0.39 is 0 Å². The van der Waals surface area contributed by atoms with Gasteiger partial charge in [-0.3, -0.25) is 0 Å². The van der Waals surface area contributed by atoms with Gasteiger partial charge in [-0.1, -0.05) is 127 Å². The van der Waals surface area contributed by atoms with E-state index in [4.69, 9.17) is 8.83 Å². The van der Waals surface area contributed by atoms with Crippen molar-refractivity contribution in [2.75, 3.05) is 4.90 Å². The predicted octanol–water partition coefficient (Wildman–Crippen LogP) is 14.1. The second-order valence-electron chi connectivity index (χ2n) is 13.3. The van der Waals surface area contributed by atoms with Gasteiger partial charge in [-0.2, -0.15) is 0 Å². The molecule has 0 aliphatic carbocycles. The Morgan fingerprint density at radius 1 is 0.314 bits per heavy atom. The van der Waals surface area contributed by atoms with E-state index in [1.54, 1.807) is 0 Å². The molecule has 238 valence electrons. The quantitative estimate of drug-likeness (QED) is 0.177. The van der Waals surface area contributed by atoms with E-state index >= 15 is 0 Å². The minimum Gasteiger partial charge on any atom is -0.456 e. The molecule has 2 aromatic heterocycles. The molecule has 0 spiro atoms. The fraction of sp³-hybridized carbons (Fsp3) is 0. The van der Waals surface area contributed by atoms with Gasteiger partial charge >= 0.3 is 0 Å². The highest BCUT2D eigenvalue weighted by Crippen LogP contribution is 2.47. The topological polar surface area (TPSA) is 29.5 Å². The lowest BCUT2D eigenvalue weighted by molar-refractivity contribution is 0.669. The fourth-order valence-corrected chi connectivity index (χ4v) is 8.02. The Labute approximate surface area is 293 Å². The zero-order valence-electron chi connectivity index (χ0n) is 27.5. The van der Waals surface area contributed by atoms with E-state index in [1.165, 1.54) is 26.9 Å². The number of nitrogens with zero attached hydrogens (tertiary/aromatic N) is 1. The standard InChI is InChI=1S/C48H29NO2/c1-4-13-36-31(10-1)22-27-42-41-17-9-18-43(48(41)51-47(36)42)49(44-28-33-11-2-3-12-35(33)37-14-5-6-15-38(37)44)34-24-20-30(21-25-34)32-23-26-40-39-16-7-8-19-45(39)50-46(40)29-32/h1-29H. The highest BCUT2D eigenvalue weighted by molar-refractivity contribution is 6.19. The van der Waals surface area contributed by atoms with E-state index in [0.717, 1.165) is 77.5 Å². The van der Waals surface area contributed by atoms with Crippen molar-refractivity contribution in [2.24, 2.45) is 0 Å². The average Bonchev–Trinajstić information content (AvgIpc) is 3.77. The predicted molar refractivity (Wildman–Crippen MR) is 214 cm³/mol. The molecular formula is C48H29NO2. The van der Waals surface area contributed by atoms with Crippen LogP contribution >= 0.6 is 0 Å². The molecule has 0 radical (unpaired) electrons. The second kappa shape index (κ2) is 10.8. The molecule has 0 aliphatic heterocycles. The molecule has 3 heteroatoms. The van der Waals surface area contributed by atoms with Crippen molar-refractivity contribution in [3.05, 3.63) is 176 Å². The van der Waals surface area contributed by atoms with Gasteiger partial charge in [0.05, 0.1) is 11.4 Å². The summed E-state index contributed by atoms with van der Waals surface area (Å²) in [7, 11) is 0. The first-order chi connectivity index (χ1) is 25.3. The Morgan fingerprint density at radius 3 is 1.80 bits per heavy atom.